The number of unbranched alkanes of at least 4 members (excludes halogenated alkanes) is 2. The van der Waals surface area contributed by atoms with E-state index in [0.717, 1.165) is 25.0 Å². The summed E-state index contributed by atoms with van der Waals surface area (Å²) in [5.74, 6) is 0.0895. The van der Waals surface area contributed by atoms with Crippen LogP contribution in [0.5, 0.6) is 0 Å². The number of hydrogen-bond acceptors (Lipinski definition) is 3. The van der Waals surface area contributed by atoms with Crippen LogP contribution in [0.25, 0.3) is 0 Å². The molecule has 1 unspecified atom stereocenters. The van der Waals surface area contributed by atoms with Crippen molar-refractivity contribution in [3.8, 4) is 6.07 Å². The molecule has 4 heteroatoms. The molecule has 0 spiro atoms. The average Bonchev–Trinajstić information content (AvgIpc) is 2.69. The maximum absolute atomic E-state index is 8.92. The fourth-order valence-electron chi connectivity index (χ4n) is 1.43. The summed E-state index contributed by atoms with van der Waals surface area (Å²) in [4.78, 5) is 0. The van der Waals surface area contributed by atoms with E-state index in [1.165, 1.54) is 12.8 Å². The Labute approximate surface area is 84.3 Å². The van der Waals surface area contributed by atoms with Gasteiger partial charge in [-0.05, 0) is 6.42 Å². The Morgan fingerprint density at radius 3 is 3.00 bits per heavy atom. The maximum Gasteiger partial charge on any atom is 0.0837 e. The standard InChI is InChI=1S/C10H16N4/c1-2-3-4-5-9(7-11)6-10-8-12-14-13-10/h8-9H,2-6H2,1H3,(H,12,13,14). The van der Waals surface area contributed by atoms with Crippen LogP contribution in [0.2, 0.25) is 0 Å². The van der Waals surface area contributed by atoms with Crippen LogP contribution >= 0.6 is 0 Å². The van der Waals surface area contributed by atoms with Crippen LogP contribution < -0.4 is 0 Å². The van der Waals surface area contributed by atoms with Gasteiger partial charge in [-0.2, -0.15) is 5.26 Å². The molecule has 1 aromatic rings. The summed E-state index contributed by atoms with van der Waals surface area (Å²) < 4.78 is 0. The zero-order valence-electron chi connectivity index (χ0n) is 8.53. The Bertz CT molecular complexity index is 273. The number of aromatic amines is 1. The van der Waals surface area contributed by atoms with Crippen LogP contribution in [0.3, 0.4) is 0 Å². The molecule has 0 aliphatic rings. The van der Waals surface area contributed by atoms with Crippen LogP contribution in [0, 0.1) is 17.2 Å². The topological polar surface area (TPSA) is 65.4 Å². The van der Waals surface area contributed by atoms with Crippen molar-refractivity contribution in [2.24, 2.45) is 5.92 Å². The van der Waals surface area contributed by atoms with Crippen LogP contribution in [0.1, 0.15) is 38.3 Å². The lowest BCUT2D eigenvalue weighted by atomic mass is 9.98. The predicted octanol–water partition coefficient (Wildman–Crippen LogP) is 2.07. The van der Waals surface area contributed by atoms with Gasteiger partial charge < -0.3 is 0 Å². The molecule has 0 bridgehead atoms. The molecule has 1 rings (SSSR count). The molecule has 1 N–H and O–H groups in total. The van der Waals surface area contributed by atoms with E-state index < -0.39 is 0 Å². The Morgan fingerprint density at radius 1 is 1.57 bits per heavy atom. The van der Waals surface area contributed by atoms with Gasteiger partial charge in [0.25, 0.3) is 0 Å². The van der Waals surface area contributed by atoms with Gasteiger partial charge in [-0.25, -0.2) is 0 Å². The highest BCUT2D eigenvalue weighted by atomic mass is 15.3. The lowest BCUT2D eigenvalue weighted by Gasteiger charge is -2.05. The van der Waals surface area contributed by atoms with Gasteiger partial charge in [-0.3, -0.25) is 5.10 Å². The molecule has 0 aliphatic carbocycles. The third-order valence-corrected chi connectivity index (χ3v) is 2.26. The van der Waals surface area contributed by atoms with Crippen molar-refractivity contribution in [1.82, 2.24) is 15.4 Å². The second-order valence-electron chi connectivity index (χ2n) is 3.49. The number of aromatic nitrogens is 3. The SMILES string of the molecule is CCCCCC(C#N)Cc1c[nH]nn1. The zero-order chi connectivity index (χ0) is 10.2. The van der Waals surface area contributed by atoms with Crippen molar-refractivity contribution in [3.63, 3.8) is 0 Å². The quantitative estimate of drug-likeness (QED) is 0.701. The summed E-state index contributed by atoms with van der Waals surface area (Å²) in [6.45, 7) is 2.17. The van der Waals surface area contributed by atoms with Crippen molar-refractivity contribution in [1.29, 1.82) is 5.26 Å². The first-order valence-electron chi connectivity index (χ1n) is 5.11. The highest BCUT2D eigenvalue weighted by Gasteiger charge is 2.09. The molecule has 0 aromatic carbocycles. The van der Waals surface area contributed by atoms with Gasteiger partial charge >= 0.3 is 0 Å². The van der Waals surface area contributed by atoms with E-state index in [1.54, 1.807) is 6.20 Å². The summed E-state index contributed by atoms with van der Waals surface area (Å²) in [5, 5.41) is 19.1. The van der Waals surface area contributed by atoms with E-state index in [4.69, 9.17) is 5.26 Å². The predicted molar refractivity (Wildman–Crippen MR) is 53.3 cm³/mol. The zero-order valence-corrected chi connectivity index (χ0v) is 8.53. The van der Waals surface area contributed by atoms with Gasteiger partial charge in [0.05, 0.1) is 17.7 Å². The molecule has 1 aromatic heterocycles. The molecule has 0 aliphatic heterocycles. The summed E-state index contributed by atoms with van der Waals surface area (Å²) in [5.41, 5.74) is 0.882. The smallest absolute Gasteiger partial charge is 0.0837 e. The van der Waals surface area contributed by atoms with E-state index in [1.807, 2.05) is 0 Å². The summed E-state index contributed by atoms with van der Waals surface area (Å²) in [7, 11) is 0. The van der Waals surface area contributed by atoms with Crippen molar-refractivity contribution in [3.05, 3.63) is 11.9 Å². The second-order valence-corrected chi connectivity index (χ2v) is 3.49. The molecule has 4 nitrogen and oxygen atoms in total. The molecule has 0 radical (unpaired) electrons. The fourth-order valence-corrected chi connectivity index (χ4v) is 1.43. The lowest BCUT2D eigenvalue weighted by molar-refractivity contribution is 0.541. The molecule has 1 heterocycles. The van der Waals surface area contributed by atoms with Crippen molar-refractivity contribution < 1.29 is 0 Å². The molecule has 0 saturated heterocycles. The monoisotopic (exact) mass is 192 g/mol. The number of nitrogens with zero attached hydrogens (tertiary/aromatic N) is 3. The van der Waals surface area contributed by atoms with Crippen LogP contribution in [-0.4, -0.2) is 15.4 Å². The first kappa shape index (κ1) is 10.7. The minimum atomic E-state index is 0.0895. The highest BCUT2D eigenvalue weighted by molar-refractivity contribution is 4.98. The molecule has 0 amide bonds. The van der Waals surface area contributed by atoms with Gasteiger partial charge in [0.15, 0.2) is 0 Å². The highest BCUT2D eigenvalue weighted by Crippen LogP contribution is 2.13. The third-order valence-electron chi connectivity index (χ3n) is 2.26. The molecular weight excluding hydrogens is 176 g/mol. The number of hydrogen-bond donors (Lipinski definition) is 1. The van der Waals surface area contributed by atoms with Gasteiger partial charge in [0.1, 0.15) is 0 Å². The normalized spacial score (nSPS) is 12.3. The minimum Gasteiger partial charge on any atom is -0.265 e. The van der Waals surface area contributed by atoms with E-state index in [0.29, 0.717) is 0 Å². The molecule has 0 saturated carbocycles. The molecule has 1 atom stereocenters. The lowest BCUT2D eigenvalue weighted by Crippen LogP contribution is -2.02. The number of nitrogens with one attached hydrogen (secondary N) is 1. The number of H-pyrrole nitrogens is 1. The Morgan fingerprint density at radius 2 is 2.43 bits per heavy atom. The van der Waals surface area contributed by atoms with Crippen molar-refractivity contribution in [2.45, 2.75) is 39.0 Å². The number of rotatable bonds is 6. The Kier molecular flexibility index (Phi) is 4.70. The first-order chi connectivity index (χ1) is 6.86. The Balaban J connectivity index is 2.29. The van der Waals surface area contributed by atoms with E-state index in [9.17, 15) is 0 Å². The summed E-state index contributed by atoms with van der Waals surface area (Å²) in [6.07, 6.45) is 6.98. The van der Waals surface area contributed by atoms with Crippen LogP contribution in [0.4, 0.5) is 0 Å². The third kappa shape index (κ3) is 3.56. The van der Waals surface area contributed by atoms with Crippen LogP contribution in [0.15, 0.2) is 6.20 Å². The van der Waals surface area contributed by atoms with Gasteiger partial charge in [0.2, 0.25) is 0 Å². The maximum atomic E-state index is 8.92. The molecule has 76 valence electrons. The van der Waals surface area contributed by atoms with E-state index in [-0.39, 0.29) is 5.92 Å². The van der Waals surface area contributed by atoms with Crippen LogP contribution in [-0.2, 0) is 6.42 Å². The summed E-state index contributed by atoms with van der Waals surface area (Å²) >= 11 is 0. The molecular formula is C10H16N4. The largest absolute Gasteiger partial charge is 0.265 e. The Hall–Kier alpha value is -1.37. The summed E-state index contributed by atoms with van der Waals surface area (Å²) in [6, 6.07) is 2.32. The average molecular weight is 192 g/mol. The molecule has 14 heavy (non-hydrogen) atoms. The van der Waals surface area contributed by atoms with E-state index >= 15 is 0 Å². The molecule has 0 fully saturated rings. The van der Waals surface area contributed by atoms with Crippen molar-refractivity contribution in [2.75, 3.05) is 0 Å². The number of nitriles is 1. The minimum absolute atomic E-state index is 0.0895. The van der Waals surface area contributed by atoms with Gasteiger partial charge in [-0.1, -0.05) is 31.4 Å². The first-order valence-corrected chi connectivity index (χ1v) is 5.11. The second kappa shape index (κ2) is 6.14. The fraction of sp³-hybridized carbons (Fsp3) is 0.700. The van der Waals surface area contributed by atoms with Gasteiger partial charge in [-0.15, -0.1) is 5.10 Å². The van der Waals surface area contributed by atoms with Crippen molar-refractivity contribution >= 4 is 0 Å². The van der Waals surface area contributed by atoms with E-state index in [2.05, 4.69) is 28.4 Å². The van der Waals surface area contributed by atoms with Gasteiger partial charge in [0, 0.05) is 12.6 Å².